The Labute approximate surface area is 65.1 Å². The van der Waals surface area contributed by atoms with Crippen LogP contribution in [0.25, 0.3) is 0 Å². The molecular weight excluding hydrogens is 141 g/mol. The van der Waals surface area contributed by atoms with Crippen molar-refractivity contribution in [1.82, 2.24) is 0 Å². The van der Waals surface area contributed by atoms with E-state index >= 15 is 0 Å². The van der Waals surface area contributed by atoms with Gasteiger partial charge in [-0.25, -0.2) is 4.39 Å². The zero-order chi connectivity index (χ0) is 8.27. The minimum absolute atomic E-state index is 0.260. The van der Waals surface area contributed by atoms with Gasteiger partial charge in [0, 0.05) is 0 Å². The molecule has 1 aliphatic carbocycles. The molecule has 0 saturated heterocycles. The highest BCUT2D eigenvalue weighted by Gasteiger charge is 2.02. The van der Waals surface area contributed by atoms with E-state index in [4.69, 9.17) is 5.26 Å². The van der Waals surface area contributed by atoms with Crippen molar-refractivity contribution in [2.75, 3.05) is 0 Å². The predicted molar refractivity (Wildman–Crippen MR) is 41.3 cm³/mol. The molecule has 0 unspecified atom stereocenters. The van der Waals surface area contributed by atoms with E-state index in [1.165, 1.54) is 12.2 Å². The minimum Gasteiger partial charge on any atom is -0.207 e. The predicted octanol–water partition coefficient (Wildman–Crippen LogP) is 2.64. The van der Waals surface area contributed by atoms with Crippen LogP contribution in [0.4, 0.5) is 4.39 Å². The third-order valence-electron chi connectivity index (χ3n) is 1.53. The molecule has 0 amide bonds. The summed E-state index contributed by atoms with van der Waals surface area (Å²) in [4.78, 5) is 0. The molecule has 1 nitrogen and oxygen atoms in total. The molecule has 0 N–H and O–H groups in total. The summed E-state index contributed by atoms with van der Waals surface area (Å²) in [6.07, 6.45) is 5.05. The van der Waals surface area contributed by atoms with Crippen molar-refractivity contribution >= 4 is 0 Å². The van der Waals surface area contributed by atoms with Crippen molar-refractivity contribution in [3.05, 3.63) is 35.2 Å². The van der Waals surface area contributed by atoms with Gasteiger partial charge in [-0.3, -0.25) is 0 Å². The molecule has 56 valence electrons. The van der Waals surface area contributed by atoms with E-state index in [1.54, 1.807) is 13.0 Å². The van der Waals surface area contributed by atoms with Crippen molar-refractivity contribution < 1.29 is 4.39 Å². The van der Waals surface area contributed by atoms with Gasteiger partial charge >= 0.3 is 0 Å². The maximum atomic E-state index is 12.6. The second-order valence-corrected chi connectivity index (χ2v) is 2.38. The second kappa shape index (κ2) is 3.16. The summed E-state index contributed by atoms with van der Waals surface area (Å²) >= 11 is 0. The fourth-order valence-corrected chi connectivity index (χ4v) is 0.928. The Hall–Kier alpha value is -1.36. The fourth-order valence-electron chi connectivity index (χ4n) is 0.928. The first-order valence-electron chi connectivity index (χ1n) is 3.38. The summed E-state index contributed by atoms with van der Waals surface area (Å²) in [6.45, 7) is 1.73. The average Bonchev–Trinajstić information content (AvgIpc) is 2.11. The lowest BCUT2D eigenvalue weighted by molar-refractivity contribution is 0.662. The number of nitrogens with zero attached hydrogens (tertiary/aromatic N) is 1. The van der Waals surface area contributed by atoms with Crippen molar-refractivity contribution in [2.24, 2.45) is 0 Å². The molecule has 0 aliphatic heterocycles. The van der Waals surface area contributed by atoms with Crippen molar-refractivity contribution in [3.63, 3.8) is 0 Å². The highest BCUT2D eigenvalue weighted by atomic mass is 19.1. The van der Waals surface area contributed by atoms with Gasteiger partial charge in [0.25, 0.3) is 0 Å². The molecule has 11 heavy (non-hydrogen) atoms. The van der Waals surface area contributed by atoms with E-state index in [9.17, 15) is 4.39 Å². The van der Waals surface area contributed by atoms with Crippen LogP contribution in [-0.2, 0) is 0 Å². The van der Waals surface area contributed by atoms with Gasteiger partial charge in [0.1, 0.15) is 5.83 Å². The Balaban J connectivity index is 3.00. The largest absolute Gasteiger partial charge is 0.207 e. The summed E-state index contributed by atoms with van der Waals surface area (Å²) in [5.74, 6) is -0.260. The number of allylic oxidation sites excluding steroid dienone is 6. The molecule has 0 spiro atoms. The van der Waals surface area contributed by atoms with E-state index in [2.05, 4.69) is 0 Å². The van der Waals surface area contributed by atoms with Crippen LogP contribution >= 0.6 is 0 Å². The van der Waals surface area contributed by atoms with Crippen LogP contribution in [-0.4, -0.2) is 0 Å². The maximum absolute atomic E-state index is 12.6. The maximum Gasteiger partial charge on any atom is 0.119 e. The summed E-state index contributed by atoms with van der Waals surface area (Å²) < 4.78 is 12.6. The average molecular weight is 149 g/mol. The second-order valence-electron chi connectivity index (χ2n) is 2.38. The lowest BCUT2D eigenvalue weighted by Gasteiger charge is -1.92. The van der Waals surface area contributed by atoms with Gasteiger partial charge in [0.05, 0.1) is 11.6 Å². The highest BCUT2D eigenvalue weighted by molar-refractivity contribution is 5.45. The van der Waals surface area contributed by atoms with Gasteiger partial charge in [0.15, 0.2) is 0 Å². The van der Waals surface area contributed by atoms with Gasteiger partial charge < -0.3 is 0 Å². The lowest BCUT2D eigenvalue weighted by atomic mass is 10.1. The van der Waals surface area contributed by atoms with Crippen LogP contribution in [0.15, 0.2) is 35.2 Å². The first kappa shape index (κ1) is 7.74. The van der Waals surface area contributed by atoms with Gasteiger partial charge in [-0.05, 0) is 31.1 Å². The normalized spacial score (nSPS) is 17.4. The molecule has 0 radical (unpaired) electrons. The van der Waals surface area contributed by atoms with Crippen LogP contribution in [0.1, 0.15) is 13.3 Å². The molecule has 0 atom stereocenters. The van der Waals surface area contributed by atoms with Crippen LogP contribution in [0, 0.1) is 11.3 Å². The van der Waals surface area contributed by atoms with Crippen molar-refractivity contribution in [1.29, 1.82) is 5.26 Å². The Morgan fingerprint density at radius 2 is 2.27 bits per heavy atom. The molecule has 0 bridgehead atoms. The Kier molecular flexibility index (Phi) is 2.22. The van der Waals surface area contributed by atoms with Gasteiger partial charge in [-0.2, -0.15) is 5.26 Å². The van der Waals surface area contributed by atoms with E-state index in [-0.39, 0.29) is 5.83 Å². The molecule has 1 aliphatic rings. The third kappa shape index (κ3) is 1.78. The Morgan fingerprint density at radius 1 is 1.55 bits per heavy atom. The number of hydrogen-bond donors (Lipinski definition) is 0. The van der Waals surface area contributed by atoms with E-state index in [0.29, 0.717) is 17.6 Å². The first-order valence-corrected chi connectivity index (χ1v) is 3.38. The molecule has 0 aromatic rings. The molecular formula is C9H8FN. The summed E-state index contributed by atoms with van der Waals surface area (Å²) in [6, 6.07) is 2.01. The Morgan fingerprint density at radius 3 is 2.91 bits per heavy atom. The molecule has 0 fully saturated rings. The highest BCUT2D eigenvalue weighted by Crippen LogP contribution is 2.17. The smallest absolute Gasteiger partial charge is 0.119 e. The minimum atomic E-state index is -0.260. The lowest BCUT2D eigenvalue weighted by Crippen LogP contribution is -1.79. The third-order valence-corrected chi connectivity index (χ3v) is 1.53. The van der Waals surface area contributed by atoms with Crippen molar-refractivity contribution in [3.8, 4) is 6.07 Å². The summed E-state index contributed by atoms with van der Waals surface area (Å²) in [5, 5.41) is 8.57. The van der Waals surface area contributed by atoms with Crippen LogP contribution in [0.5, 0.6) is 0 Å². The van der Waals surface area contributed by atoms with Crippen LogP contribution in [0.3, 0.4) is 0 Å². The molecule has 0 aromatic carbocycles. The molecule has 1 rings (SSSR count). The number of halogens is 1. The zero-order valence-corrected chi connectivity index (χ0v) is 6.26. The fraction of sp³-hybridized carbons (Fsp3) is 0.222. The molecule has 0 heterocycles. The monoisotopic (exact) mass is 149 g/mol. The molecule has 0 saturated carbocycles. The molecule has 0 aromatic heterocycles. The number of rotatable bonds is 0. The van der Waals surface area contributed by atoms with E-state index in [0.717, 1.165) is 0 Å². The molecule has 2 heteroatoms. The van der Waals surface area contributed by atoms with Gasteiger partial charge in [-0.1, -0.05) is 6.08 Å². The van der Waals surface area contributed by atoms with Crippen LogP contribution in [0.2, 0.25) is 0 Å². The number of hydrogen-bond acceptors (Lipinski definition) is 1. The van der Waals surface area contributed by atoms with Gasteiger partial charge in [0.2, 0.25) is 0 Å². The van der Waals surface area contributed by atoms with Gasteiger partial charge in [-0.15, -0.1) is 0 Å². The summed E-state index contributed by atoms with van der Waals surface area (Å²) in [5.41, 5.74) is 1.26. The Bertz CT molecular complexity index is 289. The number of nitriles is 1. The van der Waals surface area contributed by atoms with E-state index < -0.39 is 0 Å². The topological polar surface area (TPSA) is 23.8 Å². The summed E-state index contributed by atoms with van der Waals surface area (Å²) in [7, 11) is 0. The van der Waals surface area contributed by atoms with Crippen molar-refractivity contribution in [2.45, 2.75) is 13.3 Å². The quantitative estimate of drug-likeness (QED) is 0.519. The standard InChI is InChI=1S/C9H8FN/c1-7-5-9(10)4-2-3-8(7)6-11/h3-5H,2H2,1H3. The first-order chi connectivity index (χ1) is 5.24. The SMILES string of the molecule is CC1=CC(F)=CCC=C1C#N. The zero-order valence-electron chi connectivity index (χ0n) is 6.26. The van der Waals surface area contributed by atoms with E-state index in [1.807, 2.05) is 6.07 Å². The van der Waals surface area contributed by atoms with Crippen LogP contribution < -0.4 is 0 Å².